The quantitative estimate of drug-likeness (QED) is 0.813. The SMILES string of the molecule is CC(C)(C)NC1CCCc2c(Br)cccc21. The van der Waals surface area contributed by atoms with Gasteiger partial charge >= 0.3 is 0 Å². The third-order valence-corrected chi connectivity index (χ3v) is 3.80. The summed E-state index contributed by atoms with van der Waals surface area (Å²) in [6.07, 6.45) is 3.74. The van der Waals surface area contributed by atoms with Crippen LogP contribution >= 0.6 is 15.9 Å². The Morgan fingerprint density at radius 3 is 2.75 bits per heavy atom. The van der Waals surface area contributed by atoms with Crippen molar-refractivity contribution in [3.05, 3.63) is 33.8 Å². The monoisotopic (exact) mass is 281 g/mol. The summed E-state index contributed by atoms with van der Waals surface area (Å²) < 4.78 is 1.27. The van der Waals surface area contributed by atoms with Crippen LogP contribution in [0.2, 0.25) is 0 Å². The van der Waals surface area contributed by atoms with Crippen molar-refractivity contribution in [1.82, 2.24) is 5.32 Å². The fourth-order valence-electron chi connectivity index (χ4n) is 2.48. The van der Waals surface area contributed by atoms with Crippen molar-refractivity contribution in [2.75, 3.05) is 0 Å². The maximum absolute atomic E-state index is 3.72. The molecule has 16 heavy (non-hydrogen) atoms. The number of benzene rings is 1. The molecule has 2 heteroatoms. The first kappa shape index (κ1) is 12.1. The fourth-order valence-corrected chi connectivity index (χ4v) is 3.06. The molecule has 0 aliphatic heterocycles. The average Bonchev–Trinajstić information content (AvgIpc) is 2.17. The van der Waals surface area contributed by atoms with Crippen LogP contribution in [0.4, 0.5) is 0 Å². The molecule has 1 aromatic rings. The molecule has 1 aliphatic rings. The second kappa shape index (κ2) is 4.50. The van der Waals surface area contributed by atoms with Crippen LogP contribution in [0.15, 0.2) is 22.7 Å². The molecule has 0 aromatic heterocycles. The summed E-state index contributed by atoms with van der Waals surface area (Å²) in [4.78, 5) is 0. The van der Waals surface area contributed by atoms with E-state index in [1.54, 1.807) is 0 Å². The van der Waals surface area contributed by atoms with Crippen molar-refractivity contribution in [2.45, 2.75) is 51.6 Å². The number of halogens is 1. The highest BCUT2D eigenvalue weighted by Gasteiger charge is 2.24. The second-order valence-corrected chi connectivity index (χ2v) is 6.50. The zero-order valence-electron chi connectivity index (χ0n) is 10.3. The smallest absolute Gasteiger partial charge is 0.0328 e. The van der Waals surface area contributed by atoms with Crippen LogP contribution in [0, 0.1) is 0 Å². The molecule has 1 N–H and O–H groups in total. The minimum Gasteiger partial charge on any atom is -0.305 e. The molecule has 1 aliphatic carbocycles. The van der Waals surface area contributed by atoms with Crippen LogP contribution in [0.5, 0.6) is 0 Å². The fraction of sp³-hybridized carbons (Fsp3) is 0.571. The Morgan fingerprint density at radius 1 is 1.31 bits per heavy atom. The van der Waals surface area contributed by atoms with E-state index < -0.39 is 0 Å². The summed E-state index contributed by atoms with van der Waals surface area (Å²) >= 11 is 3.66. The molecule has 1 atom stereocenters. The van der Waals surface area contributed by atoms with Crippen molar-refractivity contribution >= 4 is 15.9 Å². The highest BCUT2D eigenvalue weighted by atomic mass is 79.9. The van der Waals surface area contributed by atoms with Gasteiger partial charge in [0.1, 0.15) is 0 Å². The van der Waals surface area contributed by atoms with Crippen molar-refractivity contribution in [2.24, 2.45) is 0 Å². The maximum Gasteiger partial charge on any atom is 0.0328 e. The lowest BCUT2D eigenvalue weighted by molar-refractivity contribution is 0.336. The third-order valence-electron chi connectivity index (χ3n) is 3.06. The van der Waals surface area contributed by atoms with Crippen LogP contribution in [-0.4, -0.2) is 5.54 Å². The number of hydrogen-bond donors (Lipinski definition) is 1. The average molecular weight is 282 g/mol. The number of nitrogens with one attached hydrogen (secondary N) is 1. The Labute approximate surface area is 107 Å². The van der Waals surface area contributed by atoms with Gasteiger partial charge in [-0.15, -0.1) is 0 Å². The zero-order valence-corrected chi connectivity index (χ0v) is 11.9. The molecule has 0 saturated carbocycles. The van der Waals surface area contributed by atoms with E-state index in [-0.39, 0.29) is 5.54 Å². The Morgan fingerprint density at radius 2 is 2.06 bits per heavy atom. The Bertz CT molecular complexity index is 379. The van der Waals surface area contributed by atoms with Crippen LogP contribution in [0.1, 0.15) is 50.8 Å². The molecular formula is C14H20BrN. The van der Waals surface area contributed by atoms with Gasteiger partial charge in [-0.25, -0.2) is 0 Å². The molecule has 1 nitrogen and oxygen atoms in total. The first-order valence-electron chi connectivity index (χ1n) is 6.02. The summed E-state index contributed by atoms with van der Waals surface area (Å²) in [5.74, 6) is 0. The van der Waals surface area contributed by atoms with Crippen LogP contribution in [-0.2, 0) is 6.42 Å². The van der Waals surface area contributed by atoms with Crippen molar-refractivity contribution in [3.63, 3.8) is 0 Å². The highest BCUT2D eigenvalue weighted by molar-refractivity contribution is 9.10. The summed E-state index contributed by atoms with van der Waals surface area (Å²) in [6, 6.07) is 7.08. The van der Waals surface area contributed by atoms with Gasteiger partial charge in [-0.05, 0) is 57.2 Å². The minimum absolute atomic E-state index is 0.182. The molecular weight excluding hydrogens is 262 g/mol. The topological polar surface area (TPSA) is 12.0 Å². The summed E-state index contributed by atoms with van der Waals surface area (Å²) in [5, 5.41) is 3.72. The lowest BCUT2D eigenvalue weighted by Crippen LogP contribution is -2.40. The van der Waals surface area contributed by atoms with Gasteiger partial charge in [0, 0.05) is 16.1 Å². The van der Waals surface area contributed by atoms with Gasteiger partial charge in [0.05, 0.1) is 0 Å². The Kier molecular flexibility index (Phi) is 3.41. The molecule has 0 fully saturated rings. The molecule has 0 bridgehead atoms. The second-order valence-electron chi connectivity index (χ2n) is 5.65. The molecule has 88 valence electrons. The van der Waals surface area contributed by atoms with E-state index in [1.807, 2.05) is 0 Å². The van der Waals surface area contributed by atoms with E-state index in [0.29, 0.717) is 6.04 Å². The molecule has 0 spiro atoms. The van der Waals surface area contributed by atoms with Gasteiger partial charge in [-0.2, -0.15) is 0 Å². The normalized spacial score (nSPS) is 20.6. The maximum atomic E-state index is 3.72. The molecule has 0 heterocycles. The largest absolute Gasteiger partial charge is 0.305 e. The van der Waals surface area contributed by atoms with E-state index in [4.69, 9.17) is 0 Å². The highest BCUT2D eigenvalue weighted by Crippen LogP contribution is 2.34. The van der Waals surface area contributed by atoms with E-state index in [1.165, 1.54) is 34.9 Å². The Hall–Kier alpha value is -0.340. The zero-order chi connectivity index (χ0) is 11.8. The van der Waals surface area contributed by atoms with Gasteiger partial charge in [-0.3, -0.25) is 0 Å². The molecule has 1 aromatic carbocycles. The molecule has 0 amide bonds. The lowest BCUT2D eigenvalue weighted by Gasteiger charge is -2.33. The van der Waals surface area contributed by atoms with Crippen LogP contribution in [0.3, 0.4) is 0 Å². The van der Waals surface area contributed by atoms with Crippen LogP contribution < -0.4 is 5.32 Å². The lowest BCUT2D eigenvalue weighted by atomic mass is 9.86. The van der Waals surface area contributed by atoms with E-state index in [0.717, 1.165) is 0 Å². The van der Waals surface area contributed by atoms with Crippen molar-refractivity contribution in [3.8, 4) is 0 Å². The summed E-state index contributed by atoms with van der Waals surface area (Å²) in [5.41, 5.74) is 3.16. The first-order valence-corrected chi connectivity index (χ1v) is 6.82. The number of fused-ring (bicyclic) bond motifs is 1. The molecule has 0 radical (unpaired) electrons. The van der Waals surface area contributed by atoms with Crippen LogP contribution in [0.25, 0.3) is 0 Å². The van der Waals surface area contributed by atoms with Gasteiger partial charge in [0.25, 0.3) is 0 Å². The molecule has 2 rings (SSSR count). The van der Waals surface area contributed by atoms with Gasteiger partial charge in [0.15, 0.2) is 0 Å². The van der Waals surface area contributed by atoms with Gasteiger partial charge < -0.3 is 5.32 Å². The van der Waals surface area contributed by atoms with E-state index in [9.17, 15) is 0 Å². The number of hydrogen-bond acceptors (Lipinski definition) is 1. The summed E-state index contributed by atoms with van der Waals surface area (Å²) in [6.45, 7) is 6.71. The van der Waals surface area contributed by atoms with Crippen molar-refractivity contribution in [1.29, 1.82) is 0 Å². The first-order chi connectivity index (χ1) is 7.47. The Balaban J connectivity index is 2.30. The predicted molar refractivity (Wildman–Crippen MR) is 72.7 cm³/mol. The van der Waals surface area contributed by atoms with E-state index in [2.05, 4.69) is 60.2 Å². The van der Waals surface area contributed by atoms with Gasteiger partial charge in [-0.1, -0.05) is 28.1 Å². The molecule has 0 saturated heterocycles. The van der Waals surface area contributed by atoms with Crippen molar-refractivity contribution < 1.29 is 0 Å². The third kappa shape index (κ3) is 2.67. The predicted octanol–water partition coefficient (Wildman–Crippen LogP) is 4.21. The summed E-state index contributed by atoms with van der Waals surface area (Å²) in [7, 11) is 0. The number of rotatable bonds is 1. The molecule has 1 unspecified atom stereocenters. The van der Waals surface area contributed by atoms with Gasteiger partial charge in [0.2, 0.25) is 0 Å². The standard InChI is InChI=1S/C14H20BrN/c1-14(2,3)16-13-9-5-6-10-11(13)7-4-8-12(10)15/h4,7-8,13,16H,5-6,9H2,1-3H3. The minimum atomic E-state index is 0.182. The van der Waals surface area contributed by atoms with E-state index >= 15 is 0 Å².